The van der Waals surface area contributed by atoms with E-state index in [0.29, 0.717) is 22.8 Å². The average Bonchev–Trinajstić information content (AvgIpc) is 2.51. The lowest BCUT2D eigenvalue weighted by Gasteiger charge is -2.10. The molecule has 0 fully saturated rings. The summed E-state index contributed by atoms with van der Waals surface area (Å²) >= 11 is 6.11. The number of carbonyl (C=O) groups excluding carboxylic acids is 1. The van der Waals surface area contributed by atoms with E-state index in [1.165, 1.54) is 0 Å². The topological polar surface area (TPSA) is 63.2 Å². The molecule has 8 heteroatoms. The van der Waals surface area contributed by atoms with Gasteiger partial charge in [0.15, 0.2) is 6.61 Å². The van der Waals surface area contributed by atoms with Crippen molar-refractivity contribution in [2.75, 3.05) is 26.2 Å². The van der Waals surface area contributed by atoms with Crippen LogP contribution in [0.2, 0.25) is 5.02 Å². The number of carbonyl (C=O) groups is 1. The van der Waals surface area contributed by atoms with Crippen molar-refractivity contribution in [3.05, 3.63) is 35.5 Å². The molecule has 0 spiro atoms. The molecule has 1 heterocycles. The Morgan fingerprint density at radius 1 is 1.26 bits per heavy atom. The molecule has 2 rings (SSSR count). The molecular formula is C15H20Cl3N3O2. The van der Waals surface area contributed by atoms with Crippen LogP contribution in [-0.4, -0.2) is 37.1 Å². The van der Waals surface area contributed by atoms with E-state index in [0.717, 1.165) is 18.5 Å². The molecule has 0 saturated heterocycles. The highest BCUT2D eigenvalue weighted by molar-refractivity contribution is 6.35. The monoisotopic (exact) mass is 379 g/mol. The van der Waals surface area contributed by atoms with Crippen molar-refractivity contribution in [2.24, 2.45) is 0 Å². The predicted molar refractivity (Wildman–Crippen MR) is 98.3 cm³/mol. The van der Waals surface area contributed by atoms with Crippen LogP contribution < -0.4 is 15.4 Å². The lowest BCUT2D eigenvalue weighted by atomic mass is 10.2. The van der Waals surface area contributed by atoms with Crippen molar-refractivity contribution in [1.29, 1.82) is 0 Å². The molecule has 1 aromatic heterocycles. The number of ether oxygens (including phenoxy) is 1. The molecule has 1 aromatic carbocycles. The molecular weight excluding hydrogens is 361 g/mol. The van der Waals surface area contributed by atoms with Gasteiger partial charge >= 0.3 is 0 Å². The Morgan fingerprint density at radius 2 is 2.04 bits per heavy atom. The maximum absolute atomic E-state index is 11.7. The van der Waals surface area contributed by atoms with Crippen molar-refractivity contribution in [3.8, 4) is 5.75 Å². The zero-order chi connectivity index (χ0) is 15.1. The molecule has 0 unspecified atom stereocenters. The van der Waals surface area contributed by atoms with Crippen molar-refractivity contribution < 1.29 is 9.53 Å². The van der Waals surface area contributed by atoms with Gasteiger partial charge in [-0.15, -0.1) is 24.8 Å². The number of hydrogen-bond donors (Lipinski definition) is 2. The molecule has 0 bridgehead atoms. The molecule has 0 aliphatic carbocycles. The van der Waals surface area contributed by atoms with Crippen LogP contribution in [0, 0.1) is 0 Å². The predicted octanol–water partition coefficient (Wildman–Crippen LogP) is 2.84. The van der Waals surface area contributed by atoms with Gasteiger partial charge in [-0.05, 0) is 30.8 Å². The molecule has 0 aliphatic rings. The third kappa shape index (κ3) is 6.39. The molecule has 1 amide bonds. The third-order valence-corrected chi connectivity index (χ3v) is 3.24. The number of halogens is 3. The number of fused-ring (bicyclic) bond motifs is 1. The first kappa shape index (κ1) is 21.7. The highest BCUT2D eigenvalue weighted by atomic mass is 35.5. The van der Waals surface area contributed by atoms with E-state index in [2.05, 4.69) is 15.6 Å². The van der Waals surface area contributed by atoms with Gasteiger partial charge in [-0.3, -0.25) is 9.78 Å². The highest BCUT2D eigenvalue weighted by Crippen LogP contribution is 2.29. The molecule has 0 atom stereocenters. The van der Waals surface area contributed by atoms with Crippen LogP contribution in [-0.2, 0) is 4.79 Å². The number of benzene rings is 1. The van der Waals surface area contributed by atoms with Crippen molar-refractivity contribution in [3.63, 3.8) is 0 Å². The zero-order valence-electron chi connectivity index (χ0n) is 12.7. The van der Waals surface area contributed by atoms with Gasteiger partial charge in [0.25, 0.3) is 5.91 Å². The molecule has 0 aliphatic heterocycles. The van der Waals surface area contributed by atoms with E-state index in [9.17, 15) is 4.79 Å². The van der Waals surface area contributed by atoms with Gasteiger partial charge in [-0.1, -0.05) is 18.5 Å². The number of pyridine rings is 1. The Labute approximate surface area is 153 Å². The second-order valence-electron chi connectivity index (χ2n) is 4.44. The van der Waals surface area contributed by atoms with Crippen molar-refractivity contribution in [2.45, 2.75) is 6.92 Å². The van der Waals surface area contributed by atoms with Crippen molar-refractivity contribution >= 4 is 53.2 Å². The maximum Gasteiger partial charge on any atom is 0.257 e. The number of amides is 1. The second-order valence-corrected chi connectivity index (χ2v) is 4.84. The Balaban J connectivity index is 0.00000242. The summed E-state index contributed by atoms with van der Waals surface area (Å²) in [6.45, 7) is 4.18. The molecule has 2 aromatic rings. The maximum atomic E-state index is 11.7. The SMILES string of the molecule is CCNCCNC(=O)COc1ccc(Cl)c2cccnc12.Cl.Cl. The van der Waals surface area contributed by atoms with E-state index in [-0.39, 0.29) is 37.3 Å². The van der Waals surface area contributed by atoms with Crippen LogP contribution >= 0.6 is 36.4 Å². The van der Waals surface area contributed by atoms with E-state index in [1.807, 2.05) is 19.1 Å². The lowest BCUT2D eigenvalue weighted by Crippen LogP contribution is -2.34. The summed E-state index contributed by atoms with van der Waals surface area (Å²) in [6, 6.07) is 7.15. The van der Waals surface area contributed by atoms with E-state index >= 15 is 0 Å². The number of hydrogen-bond acceptors (Lipinski definition) is 4. The third-order valence-electron chi connectivity index (χ3n) is 2.91. The fraction of sp³-hybridized carbons (Fsp3) is 0.333. The first-order chi connectivity index (χ1) is 10.2. The first-order valence-electron chi connectivity index (χ1n) is 6.86. The number of rotatable bonds is 7. The minimum absolute atomic E-state index is 0. The van der Waals surface area contributed by atoms with Gasteiger partial charge in [0, 0.05) is 24.7 Å². The Morgan fingerprint density at radius 3 is 2.78 bits per heavy atom. The summed E-state index contributed by atoms with van der Waals surface area (Å²) in [5.41, 5.74) is 0.658. The van der Waals surface area contributed by atoms with Crippen LogP contribution in [0.3, 0.4) is 0 Å². The summed E-state index contributed by atoms with van der Waals surface area (Å²) in [5.74, 6) is 0.392. The quantitative estimate of drug-likeness (QED) is 0.725. The first-order valence-corrected chi connectivity index (χ1v) is 7.23. The molecule has 23 heavy (non-hydrogen) atoms. The highest BCUT2D eigenvalue weighted by Gasteiger charge is 2.08. The van der Waals surface area contributed by atoms with Gasteiger partial charge in [0.05, 0.1) is 5.02 Å². The lowest BCUT2D eigenvalue weighted by molar-refractivity contribution is -0.123. The van der Waals surface area contributed by atoms with Gasteiger partial charge < -0.3 is 15.4 Å². The normalized spacial score (nSPS) is 9.65. The van der Waals surface area contributed by atoms with Gasteiger partial charge in [0.1, 0.15) is 11.3 Å². The van der Waals surface area contributed by atoms with Crippen LogP contribution in [0.5, 0.6) is 5.75 Å². The summed E-state index contributed by atoms with van der Waals surface area (Å²) in [4.78, 5) is 15.9. The average molecular weight is 381 g/mol. The largest absolute Gasteiger partial charge is 0.481 e. The van der Waals surface area contributed by atoms with Crippen LogP contribution in [0.25, 0.3) is 10.9 Å². The van der Waals surface area contributed by atoms with Crippen LogP contribution in [0.1, 0.15) is 6.92 Å². The van der Waals surface area contributed by atoms with Gasteiger partial charge in [-0.25, -0.2) is 0 Å². The Bertz CT molecular complexity index is 626. The fourth-order valence-electron chi connectivity index (χ4n) is 1.89. The second kappa shape index (κ2) is 11.3. The summed E-state index contributed by atoms with van der Waals surface area (Å²) in [6.07, 6.45) is 1.67. The number of nitrogens with zero attached hydrogens (tertiary/aromatic N) is 1. The van der Waals surface area contributed by atoms with Crippen molar-refractivity contribution in [1.82, 2.24) is 15.6 Å². The summed E-state index contributed by atoms with van der Waals surface area (Å²) in [5, 5.41) is 7.32. The number of likely N-dealkylation sites (N-methyl/N-ethyl adjacent to an activating group) is 1. The molecule has 2 N–H and O–H groups in total. The smallest absolute Gasteiger partial charge is 0.257 e. The number of aromatic nitrogens is 1. The van der Waals surface area contributed by atoms with Gasteiger partial charge in [0.2, 0.25) is 0 Å². The van der Waals surface area contributed by atoms with E-state index < -0.39 is 0 Å². The number of nitrogens with one attached hydrogen (secondary N) is 2. The fourth-order valence-corrected chi connectivity index (χ4v) is 2.11. The molecule has 0 saturated carbocycles. The summed E-state index contributed by atoms with van der Waals surface area (Å²) < 4.78 is 5.54. The minimum atomic E-state index is -0.160. The van der Waals surface area contributed by atoms with Gasteiger partial charge in [-0.2, -0.15) is 0 Å². The molecule has 0 radical (unpaired) electrons. The molecule has 128 valence electrons. The van der Waals surface area contributed by atoms with E-state index in [1.54, 1.807) is 18.3 Å². The van der Waals surface area contributed by atoms with E-state index in [4.69, 9.17) is 16.3 Å². The standard InChI is InChI=1S/C15H18ClN3O2.2ClH/c1-2-17-8-9-18-14(20)10-21-13-6-5-12(16)11-4-3-7-19-15(11)13;;/h3-7,17H,2,8-10H2,1H3,(H,18,20);2*1H. The Kier molecular flexibility index (Phi) is 10.7. The Hall–Kier alpha value is -1.27. The minimum Gasteiger partial charge on any atom is -0.481 e. The summed E-state index contributed by atoms with van der Waals surface area (Å²) in [7, 11) is 0. The molecule has 5 nitrogen and oxygen atoms in total. The zero-order valence-corrected chi connectivity index (χ0v) is 15.1. The van der Waals surface area contributed by atoms with Crippen LogP contribution in [0.4, 0.5) is 0 Å². The van der Waals surface area contributed by atoms with Crippen LogP contribution in [0.15, 0.2) is 30.5 Å².